The molecule has 3 N–H and O–H groups in total. The molecule has 0 heterocycles. The highest BCUT2D eigenvalue weighted by Gasteiger charge is 2.28. The maximum atomic E-state index is 11.9. The molecule has 0 fully saturated rings. The lowest BCUT2D eigenvalue weighted by Gasteiger charge is -2.21. The van der Waals surface area contributed by atoms with Crippen LogP contribution in [-0.4, -0.2) is 28.3 Å². The fourth-order valence-corrected chi connectivity index (χ4v) is 2.26. The van der Waals surface area contributed by atoms with Crippen molar-refractivity contribution in [3.63, 3.8) is 0 Å². The van der Waals surface area contributed by atoms with Gasteiger partial charge in [-0.25, -0.2) is 9.59 Å². The zero-order valence-electron chi connectivity index (χ0n) is 13.2. The maximum Gasteiger partial charge on any atom is 0.408 e. The van der Waals surface area contributed by atoms with Crippen LogP contribution >= 0.6 is 0 Å². The first-order valence-electron chi connectivity index (χ1n) is 7.46. The van der Waals surface area contributed by atoms with Gasteiger partial charge in [-0.1, -0.05) is 49.4 Å². The van der Waals surface area contributed by atoms with Gasteiger partial charge in [-0.2, -0.15) is 0 Å². The van der Waals surface area contributed by atoms with E-state index < -0.39 is 24.0 Å². The highest BCUT2D eigenvalue weighted by Crippen LogP contribution is 2.22. The Balaban J connectivity index is 1.98. The lowest BCUT2D eigenvalue weighted by atomic mass is 9.93. The second kappa shape index (κ2) is 8.01. The fourth-order valence-electron chi connectivity index (χ4n) is 2.26. The normalized spacial score (nSPS) is 12.9. The number of ether oxygens (including phenoxy) is 1. The minimum atomic E-state index is -1.16. The van der Waals surface area contributed by atoms with E-state index in [0.29, 0.717) is 5.56 Å². The molecule has 126 valence electrons. The Labute approximate surface area is 139 Å². The van der Waals surface area contributed by atoms with Gasteiger partial charge in [0.15, 0.2) is 0 Å². The molecule has 0 radical (unpaired) electrons. The number of nitrogens with one attached hydrogen (secondary N) is 1. The van der Waals surface area contributed by atoms with Crippen molar-refractivity contribution in [3.05, 3.63) is 65.7 Å². The number of carbonyl (C=O) groups is 2. The summed E-state index contributed by atoms with van der Waals surface area (Å²) in [7, 11) is 0. The summed E-state index contributed by atoms with van der Waals surface area (Å²) < 4.78 is 5.06. The predicted octanol–water partition coefficient (Wildman–Crippen LogP) is 2.88. The molecular formula is C18H19NO5. The first kappa shape index (κ1) is 17.3. The molecule has 0 aliphatic rings. The van der Waals surface area contributed by atoms with Gasteiger partial charge in [0.25, 0.3) is 0 Å². The summed E-state index contributed by atoms with van der Waals surface area (Å²) >= 11 is 0. The molecule has 0 saturated carbocycles. The van der Waals surface area contributed by atoms with E-state index in [1.165, 1.54) is 12.1 Å². The summed E-state index contributed by atoms with van der Waals surface area (Å²) in [6, 6.07) is 14.1. The van der Waals surface area contributed by atoms with Gasteiger partial charge in [0.05, 0.1) is 0 Å². The Morgan fingerprint density at radius 3 is 2.29 bits per heavy atom. The number of hydrogen-bond acceptors (Lipinski definition) is 4. The van der Waals surface area contributed by atoms with Crippen molar-refractivity contribution in [1.82, 2.24) is 5.32 Å². The number of amides is 1. The van der Waals surface area contributed by atoms with Crippen molar-refractivity contribution in [2.24, 2.45) is 0 Å². The second-order valence-electron chi connectivity index (χ2n) is 5.40. The highest BCUT2D eigenvalue weighted by atomic mass is 16.5. The number of carbonyl (C=O) groups excluding carboxylic acids is 1. The topological polar surface area (TPSA) is 95.9 Å². The molecule has 6 heteroatoms. The van der Waals surface area contributed by atoms with Crippen LogP contribution < -0.4 is 5.32 Å². The van der Waals surface area contributed by atoms with E-state index in [-0.39, 0.29) is 12.4 Å². The number of phenolic OH excluding ortho intramolecular Hbond substituents is 1. The standard InChI is InChI=1S/C18H19NO5/c1-12(14-7-9-15(20)10-8-14)16(17(21)22)19-18(23)24-11-13-5-3-2-4-6-13/h2-10,12,16,20H,11H2,1H3,(H,19,23)(H,21,22)/t12-,16+/m1/s1. The third kappa shape index (κ3) is 4.74. The van der Waals surface area contributed by atoms with Crippen molar-refractivity contribution < 1.29 is 24.5 Å². The molecule has 0 aliphatic heterocycles. The van der Waals surface area contributed by atoms with Crippen LogP contribution in [0.5, 0.6) is 5.75 Å². The van der Waals surface area contributed by atoms with E-state index in [4.69, 9.17) is 4.74 Å². The van der Waals surface area contributed by atoms with Crippen molar-refractivity contribution >= 4 is 12.1 Å². The average molecular weight is 329 g/mol. The van der Waals surface area contributed by atoms with E-state index in [9.17, 15) is 19.8 Å². The van der Waals surface area contributed by atoms with E-state index in [1.807, 2.05) is 18.2 Å². The van der Waals surface area contributed by atoms with E-state index in [0.717, 1.165) is 5.56 Å². The Kier molecular flexibility index (Phi) is 5.78. The molecule has 0 aliphatic carbocycles. The maximum absolute atomic E-state index is 11.9. The van der Waals surface area contributed by atoms with Gasteiger partial charge in [0.2, 0.25) is 0 Å². The summed E-state index contributed by atoms with van der Waals surface area (Å²) in [5.74, 6) is -1.56. The number of alkyl carbamates (subject to hydrolysis) is 1. The van der Waals surface area contributed by atoms with Gasteiger partial charge in [0, 0.05) is 5.92 Å². The van der Waals surface area contributed by atoms with Gasteiger partial charge in [-0.05, 0) is 23.3 Å². The molecule has 0 saturated heterocycles. The minimum absolute atomic E-state index is 0.0621. The minimum Gasteiger partial charge on any atom is -0.508 e. The van der Waals surface area contributed by atoms with Crippen molar-refractivity contribution in [1.29, 1.82) is 0 Å². The summed E-state index contributed by atoms with van der Waals surface area (Å²) in [4.78, 5) is 23.4. The monoisotopic (exact) mass is 329 g/mol. The molecule has 0 unspecified atom stereocenters. The molecular weight excluding hydrogens is 310 g/mol. The van der Waals surface area contributed by atoms with Crippen molar-refractivity contribution in [2.75, 3.05) is 0 Å². The molecule has 0 spiro atoms. The van der Waals surface area contributed by atoms with Gasteiger partial charge in [-0.15, -0.1) is 0 Å². The average Bonchev–Trinajstić information content (AvgIpc) is 2.58. The molecule has 0 bridgehead atoms. The number of aromatic hydroxyl groups is 1. The molecule has 24 heavy (non-hydrogen) atoms. The zero-order chi connectivity index (χ0) is 17.5. The van der Waals surface area contributed by atoms with Gasteiger partial charge in [-0.3, -0.25) is 0 Å². The molecule has 2 aromatic rings. The third-order valence-corrected chi connectivity index (χ3v) is 3.67. The Morgan fingerprint density at radius 2 is 1.71 bits per heavy atom. The zero-order valence-corrected chi connectivity index (χ0v) is 13.2. The summed E-state index contributed by atoms with van der Waals surface area (Å²) in [6.45, 7) is 1.75. The van der Waals surface area contributed by atoms with Crippen LogP contribution in [-0.2, 0) is 16.1 Å². The lowest BCUT2D eigenvalue weighted by Crippen LogP contribution is -2.44. The SMILES string of the molecule is C[C@H](c1ccc(O)cc1)[C@H](NC(=O)OCc1ccccc1)C(=O)O. The number of phenols is 1. The summed E-state index contributed by atoms with van der Waals surface area (Å²) in [5, 5.41) is 21.1. The van der Waals surface area contributed by atoms with Gasteiger partial charge in [0.1, 0.15) is 18.4 Å². The van der Waals surface area contributed by atoms with Crippen LogP contribution in [0.1, 0.15) is 24.0 Å². The Morgan fingerprint density at radius 1 is 1.08 bits per heavy atom. The first-order valence-corrected chi connectivity index (χ1v) is 7.46. The van der Waals surface area contributed by atoms with Crippen LogP contribution in [0.15, 0.2) is 54.6 Å². The predicted molar refractivity (Wildman–Crippen MR) is 87.7 cm³/mol. The summed E-state index contributed by atoms with van der Waals surface area (Å²) in [6.07, 6.45) is -0.795. The smallest absolute Gasteiger partial charge is 0.408 e. The second-order valence-corrected chi connectivity index (χ2v) is 5.40. The van der Waals surface area contributed by atoms with E-state index >= 15 is 0 Å². The molecule has 6 nitrogen and oxygen atoms in total. The molecule has 2 atom stereocenters. The Bertz CT molecular complexity index is 684. The largest absolute Gasteiger partial charge is 0.508 e. The quantitative estimate of drug-likeness (QED) is 0.757. The number of carboxylic acids is 1. The molecule has 2 aromatic carbocycles. The van der Waals surface area contributed by atoms with Gasteiger partial charge < -0.3 is 20.3 Å². The molecule has 2 rings (SSSR count). The lowest BCUT2D eigenvalue weighted by molar-refractivity contribution is -0.139. The number of benzene rings is 2. The number of aliphatic carboxylic acids is 1. The van der Waals surface area contributed by atoms with Crippen LogP contribution in [0, 0.1) is 0 Å². The summed E-state index contributed by atoms with van der Waals surface area (Å²) in [5.41, 5.74) is 1.50. The van der Waals surface area contributed by atoms with E-state index in [2.05, 4.69) is 5.32 Å². The van der Waals surface area contributed by atoms with E-state index in [1.54, 1.807) is 31.2 Å². The van der Waals surface area contributed by atoms with Crippen LogP contribution in [0.25, 0.3) is 0 Å². The number of hydrogen-bond donors (Lipinski definition) is 3. The van der Waals surface area contributed by atoms with Crippen LogP contribution in [0.4, 0.5) is 4.79 Å². The number of carboxylic acid groups (broad SMARTS) is 1. The Hall–Kier alpha value is -3.02. The first-order chi connectivity index (χ1) is 11.5. The van der Waals surface area contributed by atoms with Crippen LogP contribution in [0.3, 0.4) is 0 Å². The molecule has 1 amide bonds. The molecule has 0 aromatic heterocycles. The number of rotatable bonds is 6. The highest BCUT2D eigenvalue weighted by molar-refractivity contribution is 5.81. The van der Waals surface area contributed by atoms with Crippen LogP contribution in [0.2, 0.25) is 0 Å². The van der Waals surface area contributed by atoms with Crippen molar-refractivity contribution in [3.8, 4) is 5.75 Å². The van der Waals surface area contributed by atoms with Gasteiger partial charge >= 0.3 is 12.1 Å². The third-order valence-electron chi connectivity index (χ3n) is 3.67. The fraction of sp³-hybridized carbons (Fsp3) is 0.222. The van der Waals surface area contributed by atoms with Crippen molar-refractivity contribution in [2.45, 2.75) is 25.5 Å².